The number of guanidine groups is 1. The number of hydrogen-bond donors (Lipinski definition) is 3. The summed E-state index contributed by atoms with van der Waals surface area (Å²) in [5.41, 5.74) is 0. The van der Waals surface area contributed by atoms with E-state index in [0.29, 0.717) is 16.7 Å². The highest BCUT2D eigenvalue weighted by Gasteiger charge is 2.21. The first kappa shape index (κ1) is 18.8. The maximum absolute atomic E-state index is 12.1. The van der Waals surface area contributed by atoms with E-state index >= 15 is 0 Å². The molecular formula is C15H23N7O2S2. The molecule has 2 aromatic heterocycles. The third-order valence-electron chi connectivity index (χ3n) is 4.00. The lowest BCUT2D eigenvalue weighted by Gasteiger charge is -2.25. The van der Waals surface area contributed by atoms with Gasteiger partial charge in [0.15, 0.2) is 5.96 Å². The average Bonchev–Trinajstić information content (AvgIpc) is 3.26. The molecule has 1 unspecified atom stereocenters. The summed E-state index contributed by atoms with van der Waals surface area (Å²) >= 11 is 1.20. The molecule has 1 aliphatic rings. The molecule has 3 rings (SSSR count). The molecule has 0 bridgehead atoms. The van der Waals surface area contributed by atoms with E-state index in [1.807, 2.05) is 11.6 Å². The number of rotatable bonds is 6. The monoisotopic (exact) mass is 397 g/mol. The highest BCUT2D eigenvalue weighted by Crippen LogP contribution is 2.15. The van der Waals surface area contributed by atoms with Gasteiger partial charge in [-0.15, -0.1) is 11.3 Å². The molecule has 0 radical (unpaired) electrons. The van der Waals surface area contributed by atoms with Crippen LogP contribution in [0.1, 0.15) is 18.1 Å². The summed E-state index contributed by atoms with van der Waals surface area (Å²) in [6, 6.07) is 3.51. The number of nitrogens with zero attached hydrogens (tertiary/aromatic N) is 4. The van der Waals surface area contributed by atoms with Crippen molar-refractivity contribution in [2.45, 2.75) is 36.6 Å². The Balaban J connectivity index is 1.44. The molecule has 3 heterocycles. The molecule has 1 atom stereocenters. The second kappa shape index (κ2) is 8.14. The molecule has 3 N–H and O–H groups in total. The van der Waals surface area contributed by atoms with E-state index in [2.05, 4.69) is 30.4 Å². The number of aromatic nitrogens is 3. The molecule has 0 saturated heterocycles. The first-order chi connectivity index (χ1) is 12.5. The first-order valence-corrected chi connectivity index (χ1v) is 10.7. The van der Waals surface area contributed by atoms with Crippen LogP contribution >= 0.6 is 11.3 Å². The van der Waals surface area contributed by atoms with Crippen LogP contribution in [0, 0.1) is 6.92 Å². The minimum absolute atomic E-state index is 0.206. The van der Waals surface area contributed by atoms with Crippen LogP contribution in [0.25, 0.3) is 0 Å². The second-order valence-corrected chi connectivity index (χ2v) is 8.91. The van der Waals surface area contributed by atoms with Crippen molar-refractivity contribution in [3.05, 3.63) is 29.2 Å². The number of thiophene rings is 1. The zero-order valence-corrected chi connectivity index (χ0v) is 16.4. The van der Waals surface area contributed by atoms with E-state index < -0.39 is 10.0 Å². The zero-order chi connectivity index (χ0) is 18.6. The van der Waals surface area contributed by atoms with Gasteiger partial charge < -0.3 is 10.6 Å². The standard InChI is InChI=1S/C15H23N7O2S2/c1-11-19-13-6-5-12(10-22(13)21-11)20-15(16-2)17-7-8-18-26(23,24)14-4-3-9-25-14/h3-4,9,12,18H,5-8,10H2,1-2H3,(H2,16,17,20). The minimum Gasteiger partial charge on any atom is -0.355 e. The van der Waals surface area contributed by atoms with Gasteiger partial charge in [-0.2, -0.15) is 5.10 Å². The Morgan fingerprint density at radius 2 is 2.31 bits per heavy atom. The third-order valence-corrected chi connectivity index (χ3v) is 6.86. The van der Waals surface area contributed by atoms with Gasteiger partial charge in [-0.1, -0.05) is 6.07 Å². The van der Waals surface area contributed by atoms with Crippen molar-refractivity contribution in [2.75, 3.05) is 20.1 Å². The number of aliphatic imine (C=N–C) groups is 1. The quantitative estimate of drug-likeness (QED) is 0.362. The van der Waals surface area contributed by atoms with E-state index in [0.717, 1.165) is 31.0 Å². The van der Waals surface area contributed by atoms with Gasteiger partial charge in [0.05, 0.1) is 6.54 Å². The van der Waals surface area contributed by atoms with Gasteiger partial charge >= 0.3 is 0 Å². The van der Waals surface area contributed by atoms with Gasteiger partial charge in [0.1, 0.15) is 15.9 Å². The molecule has 9 nitrogen and oxygen atoms in total. The summed E-state index contributed by atoms with van der Waals surface area (Å²) in [5.74, 6) is 2.46. The summed E-state index contributed by atoms with van der Waals surface area (Å²) in [4.78, 5) is 8.60. The van der Waals surface area contributed by atoms with Crippen LogP contribution in [0.2, 0.25) is 0 Å². The summed E-state index contributed by atoms with van der Waals surface area (Å²) in [5, 5.41) is 12.6. The molecular weight excluding hydrogens is 374 g/mol. The largest absolute Gasteiger partial charge is 0.355 e. The maximum Gasteiger partial charge on any atom is 0.250 e. The van der Waals surface area contributed by atoms with E-state index in [4.69, 9.17) is 0 Å². The van der Waals surface area contributed by atoms with Gasteiger partial charge in [0.25, 0.3) is 0 Å². The van der Waals surface area contributed by atoms with Crippen molar-refractivity contribution < 1.29 is 8.42 Å². The fraction of sp³-hybridized carbons (Fsp3) is 0.533. The maximum atomic E-state index is 12.1. The van der Waals surface area contributed by atoms with Gasteiger partial charge in [-0.3, -0.25) is 4.99 Å². The number of hydrogen-bond acceptors (Lipinski definition) is 6. The van der Waals surface area contributed by atoms with Crippen molar-refractivity contribution in [3.8, 4) is 0 Å². The van der Waals surface area contributed by atoms with Crippen molar-refractivity contribution >= 4 is 27.3 Å². The Kier molecular flexibility index (Phi) is 5.89. The van der Waals surface area contributed by atoms with Crippen molar-refractivity contribution in [2.24, 2.45) is 4.99 Å². The van der Waals surface area contributed by atoms with Crippen LogP contribution in [0.4, 0.5) is 0 Å². The Morgan fingerprint density at radius 1 is 1.46 bits per heavy atom. The molecule has 0 fully saturated rings. The Labute approximate surface area is 157 Å². The van der Waals surface area contributed by atoms with Gasteiger partial charge in [-0.25, -0.2) is 22.8 Å². The number of sulfonamides is 1. The summed E-state index contributed by atoms with van der Waals surface area (Å²) in [6.07, 6.45) is 1.82. The molecule has 0 spiro atoms. The van der Waals surface area contributed by atoms with Crippen LogP contribution in [0.3, 0.4) is 0 Å². The van der Waals surface area contributed by atoms with Crippen LogP contribution in [0.5, 0.6) is 0 Å². The van der Waals surface area contributed by atoms with Crippen molar-refractivity contribution in [1.29, 1.82) is 0 Å². The highest BCUT2D eigenvalue weighted by molar-refractivity contribution is 7.91. The average molecular weight is 398 g/mol. The lowest BCUT2D eigenvalue weighted by Crippen LogP contribution is -2.48. The number of fused-ring (bicyclic) bond motifs is 1. The molecule has 0 aromatic carbocycles. The fourth-order valence-corrected chi connectivity index (χ4v) is 4.86. The van der Waals surface area contributed by atoms with E-state index in [1.165, 1.54) is 11.3 Å². The number of nitrogens with one attached hydrogen (secondary N) is 3. The van der Waals surface area contributed by atoms with Crippen LogP contribution < -0.4 is 15.4 Å². The third kappa shape index (κ3) is 4.59. The first-order valence-electron chi connectivity index (χ1n) is 8.38. The van der Waals surface area contributed by atoms with Crippen molar-refractivity contribution in [3.63, 3.8) is 0 Å². The normalized spacial score (nSPS) is 17.8. The molecule has 2 aromatic rings. The Bertz CT molecular complexity index is 859. The van der Waals surface area contributed by atoms with E-state index in [1.54, 1.807) is 24.6 Å². The van der Waals surface area contributed by atoms with Gasteiger partial charge in [-0.05, 0) is 24.8 Å². The van der Waals surface area contributed by atoms with Crippen LogP contribution in [-0.2, 0) is 23.0 Å². The lowest BCUT2D eigenvalue weighted by atomic mass is 10.1. The SMILES string of the molecule is CN=C(NCCNS(=O)(=O)c1cccs1)NC1CCc2nc(C)nn2C1. The fourth-order valence-electron chi connectivity index (χ4n) is 2.79. The van der Waals surface area contributed by atoms with E-state index in [-0.39, 0.29) is 12.6 Å². The molecule has 0 amide bonds. The highest BCUT2D eigenvalue weighted by atomic mass is 32.2. The van der Waals surface area contributed by atoms with Gasteiger partial charge in [0, 0.05) is 32.6 Å². The molecule has 0 aliphatic carbocycles. The minimum atomic E-state index is -3.43. The molecule has 11 heteroatoms. The summed E-state index contributed by atoms with van der Waals surface area (Å²) < 4.78 is 28.9. The smallest absolute Gasteiger partial charge is 0.250 e. The van der Waals surface area contributed by atoms with Crippen LogP contribution in [-0.4, -0.2) is 55.3 Å². The molecule has 142 valence electrons. The van der Waals surface area contributed by atoms with Crippen molar-refractivity contribution in [1.82, 2.24) is 30.1 Å². The molecule has 0 saturated carbocycles. The summed E-state index contributed by atoms with van der Waals surface area (Å²) in [6.45, 7) is 3.34. The van der Waals surface area contributed by atoms with Gasteiger partial charge in [0.2, 0.25) is 10.0 Å². The van der Waals surface area contributed by atoms with Crippen LogP contribution in [0.15, 0.2) is 26.7 Å². The van der Waals surface area contributed by atoms with E-state index in [9.17, 15) is 8.42 Å². The molecule has 26 heavy (non-hydrogen) atoms. The lowest BCUT2D eigenvalue weighted by molar-refractivity contribution is 0.392. The topological polar surface area (TPSA) is 113 Å². The zero-order valence-electron chi connectivity index (χ0n) is 14.8. The summed E-state index contributed by atoms with van der Waals surface area (Å²) in [7, 11) is -1.74. The predicted octanol–water partition coefficient (Wildman–Crippen LogP) is 0.106. The predicted molar refractivity (Wildman–Crippen MR) is 101 cm³/mol. The second-order valence-electron chi connectivity index (χ2n) is 5.97. The molecule has 1 aliphatic heterocycles. The number of aryl methyl sites for hydroxylation is 2. The Hall–Kier alpha value is -1.98. The Morgan fingerprint density at radius 3 is 3.04 bits per heavy atom.